The minimum absolute atomic E-state index is 0.00988. The molecule has 2 aliphatic heterocycles. The van der Waals surface area contributed by atoms with Crippen LogP contribution in [0.2, 0.25) is 0 Å². The largest absolute Gasteiger partial charge is 0.469 e. The lowest BCUT2D eigenvalue weighted by atomic mass is 9.99. The molecule has 0 fully saturated rings. The van der Waals surface area contributed by atoms with E-state index < -0.39 is 11.7 Å². The standard InChI is InChI=1S/C23H25ClFN5O3S/c24-20-19(29-21(30-20)14-6-8-15(25)9-7-14)16(28-22(32)18-12-26-13-34-18)4-2-1-3-5-17(31)23-27-10-11-33-23/h6-13,16,19-20,23,27H,1-5H2,(H,28,32)(H,29,30)/t16-,19?,20?,23?/m0/s1. The molecule has 4 atom stereocenters. The van der Waals surface area contributed by atoms with Crippen molar-refractivity contribution in [3.8, 4) is 0 Å². The summed E-state index contributed by atoms with van der Waals surface area (Å²) in [6, 6.07) is 5.34. The van der Waals surface area contributed by atoms with Gasteiger partial charge in [0.15, 0.2) is 5.78 Å². The number of halogens is 2. The lowest BCUT2D eigenvalue weighted by Gasteiger charge is -2.27. The van der Waals surface area contributed by atoms with Gasteiger partial charge in [-0.25, -0.2) is 9.38 Å². The average molecular weight is 506 g/mol. The first-order chi connectivity index (χ1) is 16.5. The van der Waals surface area contributed by atoms with Crippen molar-refractivity contribution in [3.63, 3.8) is 0 Å². The summed E-state index contributed by atoms with van der Waals surface area (Å²) >= 11 is 7.82. The molecule has 0 saturated heterocycles. The van der Waals surface area contributed by atoms with Crippen LogP contribution in [0.4, 0.5) is 4.39 Å². The van der Waals surface area contributed by atoms with E-state index in [4.69, 9.17) is 16.3 Å². The van der Waals surface area contributed by atoms with Crippen LogP contribution in [0.15, 0.2) is 53.4 Å². The average Bonchev–Trinajstić information content (AvgIpc) is 3.60. The third-order valence-electron chi connectivity index (χ3n) is 5.64. The summed E-state index contributed by atoms with van der Waals surface area (Å²) in [5.74, 6) is 0.0162. The summed E-state index contributed by atoms with van der Waals surface area (Å²) in [4.78, 5) is 33.8. The molecule has 0 bridgehead atoms. The molecule has 1 aromatic carbocycles. The highest BCUT2D eigenvalue weighted by atomic mass is 35.5. The fraction of sp³-hybridized carbons (Fsp3) is 0.391. The fourth-order valence-electron chi connectivity index (χ4n) is 3.86. The van der Waals surface area contributed by atoms with Gasteiger partial charge in [0.2, 0.25) is 6.23 Å². The van der Waals surface area contributed by atoms with Crippen molar-refractivity contribution >= 4 is 40.5 Å². The first-order valence-electron chi connectivity index (χ1n) is 11.0. The molecule has 34 heavy (non-hydrogen) atoms. The van der Waals surface area contributed by atoms with Crippen molar-refractivity contribution in [3.05, 3.63) is 64.7 Å². The molecule has 0 radical (unpaired) electrons. The Morgan fingerprint density at radius 2 is 2.06 bits per heavy atom. The zero-order valence-electron chi connectivity index (χ0n) is 18.2. The van der Waals surface area contributed by atoms with E-state index in [1.54, 1.807) is 23.8 Å². The molecule has 0 aliphatic carbocycles. The molecule has 2 aliphatic rings. The van der Waals surface area contributed by atoms with E-state index in [-0.39, 0.29) is 29.6 Å². The highest BCUT2D eigenvalue weighted by molar-refractivity contribution is 7.11. The summed E-state index contributed by atoms with van der Waals surface area (Å²) in [5, 5.41) is 9.22. The highest BCUT2D eigenvalue weighted by Crippen LogP contribution is 2.22. The van der Waals surface area contributed by atoms with Gasteiger partial charge in [0.25, 0.3) is 5.91 Å². The van der Waals surface area contributed by atoms with Gasteiger partial charge in [0.05, 0.1) is 23.8 Å². The van der Waals surface area contributed by atoms with Gasteiger partial charge >= 0.3 is 0 Å². The van der Waals surface area contributed by atoms with Crippen LogP contribution in [-0.4, -0.2) is 46.3 Å². The summed E-state index contributed by atoms with van der Waals surface area (Å²) in [7, 11) is 0. The lowest BCUT2D eigenvalue weighted by Crippen LogP contribution is -2.52. The maximum absolute atomic E-state index is 13.3. The topological polar surface area (TPSA) is 105 Å². The number of aromatic nitrogens is 1. The molecular formula is C23H25ClFN5O3S. The second kappa shape index (κ2) is 11.4. The monoisotopic (exact) mass is 505 g/mol. The van der Waals surface area contributed by atoms with Crippen molar-refractivity contribution in [1.29, 1.82) is 0 Å². The molecule has 2 aromatic rings. The Morgan fingerprint density at radius 1 is 1.24 bits per heavy atom. The van der Waals surface area contributed by atoms with Crippen LogP contribution in [0.3, 0.4) is 0 Å². The van der Waals surface area contributed by atoms with E-state index in [2.05, 4.69) is 25.9 Å². The molecule has 8 nitrogen and oxygen atoms in total. The number of carbonyl (C=O) groups is 2. The van der Waals surface area contributed by atoms with Gasteiger partial charge in [-0.2, -0.15) is 0 Å². The SMILES string of the molecule is O=C(N[C@@H](CCCCCC(=O)C1NC=CO1)C1NC(c2ccc(F)cc2)=NC1Cl)c1cncs1. The Kier molecular flexibility index (Phi) is 8.12. The van der Waals surface area contributed by atoms with Gasteiger partial charge in [-0.15, -0.1) is 11.3 Å². The smallest absolute Gasteiger partial charge is 0.263 e. The number of nitrogens with one attached hydrogen (secondary N) is 3. The van der Waals surface area contributed by atoms with Crippen molar-refractivity contribution < 1.29 is 18.7 Å². The number of hydrogen-bond acceptors (Lipinski definition) is 8. The molecule has 180 valence electrons. The van der Waals surface area contributed by atoms with Gasteiger partial charge in [0.1, 0.15) is 28.3 Å². The van der Waals surface area contributed by atoms with Crippen LogP contribution in [0.1, 0.15) is 47.3 Å². The van der Waals surface area contributed by atoms with Crippen molar-refractivity contribution in [2.24, 2.45) is 4.99 Å². The van der Waals surface area contributed by atoms with E-state index in [0.717, 1.165) is 24.8 Å². The Hall–Kier alpha value is -2.98. The Morgan fingerprint density at radius 3 is 2.76 bits per heavy atom. The molecule has 1 aromatic heterocycles. The maximum Gasteiger partial charge on any atom is 0.263 e. The number of amidine groups is 1. The number of unbranched alkanes of at least 4 members (excludes halogenated alkanes) is 2. The first kappa shape index (κ1) is 24.2. The zero-order chi connectivity index (χ0) is 23.9. The number of nitrogens with zero attached hydrogens (tertiary/aromatic N) is 2. The Bertz CT molecular complexity index is 1040. The number of carbonyl (C=O) groups excluding carboxylic acids is 2. The van der Waals surface area contributed by atoms with E-state index >= 15 is 0 Å². The molecule has 3 N–H and O–H groups in total. The van der Waals surface area contributed by atoms with Gasteiger partial charge in [-0.3, -0.25) is 14.6 Å². The zero-order valence-corrected chi connectivity index (χ0v) is 19.8. The number of ketones is 1. The number of alkyl halides is 1. The van der Waals surface area contributed by atoms with E-state index in [0.29, 0.717) is 23.6 Å². The molecule has 4 rings (SSSR count). The first-order valence-corrected chi connectivity index (χ1v) is 12.4. The Labute approximate surface area is 205 Å². The minimum Gasteiger partial charge on any atom is -0.469 e. The number of benzene rings is 1. The van der Waals surface area contributed by atoms with E-state index in [9.17, 15) is 14.0 Å². The summed E-state index contributed by atoms with van der Waals surface area (Å²) in [6.07, 6.45) is 7.38. The number of aliphatic imine (C=N–C) groups is 1. The number of rotatable bonds is 11. The summed E-state index contributed by atoms with van der Waals surface area (Å²) < 4.78 is 18.5. The number of ether oxygens (including phenoxy) is 1. The molecule has 0 saturated carbocycles. The number of thiazole rings is 1. The van der Waals surface area contributed by atoms with E-state index in [1.807, 2.05) is 0 Å². The number of Topliss-reactive ketones (excluding diaryl/α,β-unsaturated/α-hetero) is 1. The van der Waals surface area contributed by atoms with Crippen LogP contribution in [0.25, 0.3) is 0 Å². The van der Waals surface area contributed by atoms with Crippen molar-refractivity contribution in [2.45, 2.75) is 55.9 Å². The third-order valence-corrected chi connectivity index (χ3v) is 6.78. The van der Waals surface area contributed by atoms with Crippen LogP contribution < -0.4 is 16.0 Å². The van der Waals surface area contributed by atoms with Crippen molar-refractivity contribution in [2.75, 3.05) is 0 Å². The lowest BCUT2D eigenvalue weighted by molar-refractivity contribution is -0.127. The van der Waals surface area contributed by atoms with Crippen molar-refractivity contribution in [1.82, 2.24) is 20.9 Å². The van der Waals surface area contributed by atoms with Crippen LogP contribution >= 0.6 is 22.9 Å². The van der Waals surface area contributed by atoms with Gasteiger partial charge in [-0.1, -0.05) is 24.4 Å². The van der Waals surface area contributed by atoms with Crippen LogP contribution in [-0.2, 0) is 9.53 Å². The molecule has 11 heteroatoms. The number of hydrogen-bond donors (Lipinski definition) is 3. The van der Waals surface area contributed by atoms with E-state index in [1.165, 1.54) is 35.9 Å². The van der Waals surface area contributed by atoms with Gasteiger partial charge < -0.3 is 20.7 Å². The molecule has 0 spiro atoms. The maximum atomic E-state index is 13.3. The molecular weight excluding hydrogens is 481 g/mol. The Balaban J connectivity index is 1.34. The van der Waals surface area contributed by atoms with Gasteiger partial charge in [-0.05, 0) is 37.1 Å². The van der Waals surface area contributed by atoms with Gasteiger partial charge in [0, 0.05) is 18.2 Å². The second-order valence-electron chi connectivity index (χ2n) is 8.02. The second-order valence-corrected chi connectivity index (χ2v) is 9.36. The minimum atomic E-state index is -0.605. The number of amides is 1. The van der Waals surface area contributed by atoms with Crippen LogP contribution in [0, 0.1) is 5.82 Å². The molecule has 3 heterocycles. The molecule has 1 amide bonds. The summed E-state index contributed by atoms with van der Waals surface area (Å²) in [6.45, 7) is 0. The molecule has 3 unspecified atom stereocenters. The normalized spacial score (nSPS) is 21.8. The fourth-order valence-corrected chi connectivity index (χ4v) is 4.72. The highest BCUT2D eigenvalue weighted by Gasteiger charge is 2.35. The predicted molar refractivity (Wildman–Crippen MR) is 128 cm³/mol. The quantitative estimate of drug-likeness (QED) is 0.246. The third kappa shape index (κ3) is 6.12. The summed E-state index contributed by atoms with van der Waals surface area (Å²) in [5.41, 5.74) is 1.72. The predicted octanol–water partition coefficient (Wildman–Crippen LogP) is 3.30. The van der Waals surface area contributed by atoms with Crippen LogP contribution in [0.5, 0.6) is 0 Å².